The maximum absolute atomic E-state index is 9.52. The van der Waals surface area contributed by atoms with Gasteiger partial charge in [-0.1, -0.05) is 12.1 Å². The van der Waals surface area contributed by atoms with E-state index in [2.05, 4.69) is 74.4 Å². The van der Waals surface area contributed by atoms with Crippen LogP contribution >= 0.6 is 0 Å². The van der Waals surface area contributed by atoms with Gasteiger partial charge in [0.1, 0.15) is 6.07 Å². The van der Waals surface area contributed by atoms with E-state index in [9.17, 15) is 5.26 Å². The Morgan fingerprint density at radius 1 is 1.03 bits per heavy atom. The van der Waals surface area contributed by atoms with Crippen molar-refractivity contribution < 1.29 is 9.47 Å². The maximum atomic E-state index is 9.52. The maximum Gasteiger partial charge on any atom is 0.101 e. The molecule has 3 aromatic rings. The Hall–Kier alpha value is -3.22. The van der Waals surface area contributed by atoms with E-state index < -0.39 is 0 Å². The van der Waals surface area contributed by atoms with Gasteiger partial charge in [0.05, 0.1) is 36.0 Å². The zero-order chi connectivity index (χ0) is 25.9. The Kier molecular flexibility index (Phi) is 7.43. The predicted molar refractivity (Wildman–Crippen MR) is 150 cm³/mol. The van der Waals surface area contributed by atoms with Crippen LogP contribution < -0.4 is 15.1 Å². The van der Waals surface area contributed by atoms with Gasteiger partial charge in [0.2, 0.25) is 0 Å². The van der Waals surface area contributed by atoms with Crippen LogP contribution in [-0.4, -0.2) is 87.6 Å². The minimum atomic E-state index is 0.135. The average Bonchev–Trinajstić information content (AvgIpc) is 2.97. The first-order valence-electron chi connectivity index (χ1n) is 13.8. The molecule has 0 aliphatic carbocycles. The minimum Gasteiger partial charge on any atom is -0.371 e. The van der Waals surface area contributed by atoms with E-state index in [1.54, 1.807) is 6.20 Å². The highest BCUT2D eigenvalue weighted by Gasteiger charge is 2.29. The van der Waals surface area contributed by atoms with Crippen molar-refractivity contribution in [2.75, 3.05) is 75.3 Å². The summed E-state index contributed by atoms with van der Waals surface area (Å²) >= 11 is 0. The number of ether oxygens (including phenoxy) is 2. The highest BCUT2D eigenvalue weighted by Crippen LogP contribution is 2.30. The number of nitrogens with one attached hydrogen (secondary N) is 1. The molecule has 3 aliphatic rings. The van der Waals surface area contributed by atoms with E-state index >= 15 is 0 Å². The first kappa shape index (κ1) is 25.1. The van der Waals surface area contributed by atoms with Crippen LogP contribution in [-0.2, 0) is 9.47 Å². The number of anilines is 2. The molecule has 8 heteroatoms. The fourth-order valence-corrected chi connectivity index (χ4v) is 6.02. The third-order valence-electron chi connectivity index (χ3n) is 7.93. The molecule has 0 saturated carbocycles. The third kappa shape index (κ3) is 5.33. The number of hydrogen-bond acceptors (Lipinski definition) is 8. The van der Waals surface area contributed by atoms with Crippen LogP contribution in [0, 0.1) is 11.3 Å². The van der Waals surface area contributed by atoms with Crippen LogP contribution in [0.4, 0.5) is 11.4 Å². The number of nitriles is 1. The molecule has 3 atom stereocenters. The molecule has 0 amide bonds. The van der Waals surface area contributed by atoms with Gasteiger partial charge >= 0.3 is 0 Å². The topological polar surface area (TPSA) is 76.9 Å². The normalized spacial score (nSPS) is 24.9. The summed E-state index contributed by atoms with van der Waals surface area (Å²) in [6.45, 7) is 11.4. The van der Waals surface area contributed by atoms with Crippen molar-refractivity contribution in [2.24, 2.45) is 0 Å². The van der Waals surface area contributed by atoms with E-state index in [0.717, 1.165) is 82.1 Å². The molecular formula is C30H36N6O2. The molecule has 38 heavy (non-hydrogen) atoms. The summed E-state index contributed by atoms with van der Waals surface area (Å²) in [5.41, 5.74) is 5.06. The molecule has 2 aromatic carbocycles. The molecule has 0 spiro atoms. The van der Waals surface area contributed by atoms with E-state index in [-0.39, 0.29) is 18.3 Å². The van der Waals surface area contributed by atoms with Gasteiger partial charge in [-0.15, -0.1) is 0 Å². The van der Waals surface area contributed by atoms with Crippen molar-refractivity contribution in [3.05, 3.63) is 65.9 Å². The van der Waals surface area contributed by atoms with Crippen LogP contribution in [0.2, 0.25) is 0 Å². The fraction of sp³-hybridized carbons (Fsp3) is 0.467. The lowest BCUT2D eigenvalue weighted by molar-refractivity contribution is -0.0327. The van der Waals surface area contributed by atoms with Crippen molar-refractivity contribution in [2.45, 2.75) is 25.2 Å². The quantitative estimate of drug-likeness (QED) is 0.559. The first-order chi connectivity index (χ1) is 18.7. The second kappa shape index (κ2) is 11.3. The third-order valence-corrected chi connectivity index (χ3v) is 7.93. The summed E-state index contributed by atoms with van der Waals surface area (Å²) < 4.78 is 12.3. The molecule has 3 fully saturated rings. The van der Waals surface area contributed by atoms with Crippen molar-refractivity contribution in [1.82, 2.24) is 15.2 Å². The van der Waals surface area contributed by atoms with Gasteiger partial charge < -0.3 is 24.6 Å². The van der Waals surface area contributed by atoms with Crippen LogP contribution in [0.25, 0.3) is 10.9 Å². The number of fused-ring (bicyclic) bond motifs is 1. The van der Waals surface area contributed by atoms with E-state index in [0.29, 0.717) is 5.56 Å². The summed E-state index contributed by atoms with van der Waals surface area (Å²) in [6.07, 6.45) is 2.19. The molecule has 0 unspecified atom stereocenters. The molecule has 6 rings (SSSR count). The minimum absolute atomic E-state index is 0.135. The molecule has 3 saturated heterocycles. The molecule has 1 aromatic heterocycles. The Morgan fingerprint density at radius 3 is 2.63 bits per heavy atom. The molecule has 0 radical (unpaired) electrons. The summed E-state index contributed by atoms with van der Waals surface area (Å²) in [5.74, 6) is 0. The van der Waals surface area contributed by atoms with Crippen molar-refractivity contribution in [1.29, 1.82) is 5.26 Å². The highest BCUT2D eigenvalue weighted by atomic mass is 16.5. The second-order valence-corrected chi connectivity index (χ2v) is 10.6. The number of piperazine rings is 1. The zero-order valence-corrected chi connectivity index (χ0v) is 22.1. The monoisotopic (exact) mass is 512 g/mol. The van der Waals surface area contributed by atoms with Gasteiger partial charge in [0.15, 0.2) is 0 Å². The molecule has 0 bridgehead atoms. The number of rotatable bonds is 5. The van der Waals surface area contributed by atoms with Crippen molar-refractivity contribution >= 4 is 22.3 Å². The number of pyridine rings is 1. The second-order valence-electron chi connectivity index (χ2n) is 10.6. The molecular weight excluding hydrogens is 476 g/mol. The van der Waals surface area contributed by atoms with Gasteiger partial charge in [-0.25, -0.2) is 0 Å². The van der Waals surface area contributed by atoms with E-state index in [1.165, 1.54) is 11.3 Å². The van der Waals surface area contributed by atoms with E-state index in [1.807, 2.05) is 12.1 Å². The van der Waals surface area contributed by atoms with E-state index in [4.69, 9.17) is 9.47 Å². The first-order valence-corrected chi connectivity index (χ1v) is 13.8. The van der Waals surface area contributed by atoms with Gasteiger partial charge in [-0.05, 0) is 48.9 Å². The lowest BCUT2D eigenvalue weighted by atomic mass is 10.1. The fourth-order valence-electron chi connectivity index (χ4n) is 6.02. The standard InChI is InChI=1S/C30H36N6O2/c1-22-19-36(28-9-6-24(17-31)30-27(28)3-2-10-33-30)21-26(38-22)20-34-12-14-35(15-13-34)25-7-4-23(5-8-25)29-18-32-11-16-37-29/h2-10,22,26,29,32H,11-16,18-21H2,1H3/t22-,26+,29+/m1/s1. The van der Waals surface area contributed by atoms with Crippen LogP contribution in [0.15, 0.2) is 54.7 Å². The summed E-state index contributed by atoms with van der Waals surface area (Å²) in [4.78, 5) is 11.9. The number of hydrogen-bond donors (Lipinski definition) is 1. The molecule has 3 aliphatic heterocycles. The lowest BCUT2D eigenvalue weighted by Gasteiger charge is -2.42. The van der Waals surface area contributed by atoms with Crippen LogP contribution in [0.3, 0.4) is 0 Å². The van der Waals surface area contributed by atoms with Crippen molar-refractivity contribution in [3.8, 4) is 6.07 Å². The Balaban J connectivity index is 1.07. The van der Waals surface area contributed by atoms with Gasteiger partial charge in [0.25, 0.3) is 0 Å². The zero-order valence-electron chi connectivity index (χ0n) is 22.1. The van der Waals surface area contributed by atoms with Gasteiger partial charge in [-0.3, -0.25) is 9.88 Å². The average molecular weight is 513 g/mol. The summed E-state index contributed by atoms with van der Waals surface area (Å²) in [7, 11) is 0. The summed E-state index contributed by atoms with van der Waals surface area (Å²) in [6, 6.07) is 19.2. The smallest absolute Gasteiger partial charge is 0.101 e. The Bertz CT molecular complexity index is 1280. The highest BCUT2D eigenvalue weighted by molar-refractivity contribution is 5.95. The summed E-state index contributed by atoms with van der Waals surface area (Å²) in [5, 5.41) is 14.0. The Morgan fingerprint density at radius 2 is 1.87 bits per heavy atom. The number of morpholine rings is 2. The van der Waals surface area contributed by atoms with Crippen LogP contribution in [0.5, 0.6) is 0 Å². The molecule has 8 nitrogen and oxygen atoms in total. The van der Waals surface area contributed by atoms with Gasteiger partial charge in [0, 0.05) is 81.9 Å². The number of aromatic nitrogens is 1. The molecule has 1 N–H and O–H groups in total. The van der Waals surface area contributed by atoms with Gasteiger partial charge in [-0.2, -0.15) is 5.26 Å². The molecule has 4 heterocycles. The largest absolute Gasteiger partial charge is 0.371 e. The molecule has 198 valence electrons. The lowest BCUT2D eigenvalue weighted by Crippen LogP contribution is -2.54. The number of benzene rings is 2. The predicted octanol–water partition coefficient (Wildman–Crippen LogP) is 3.18. The van der Waals surface area contributed by atoms with Crippen LogP contribution in [0.1, 0.15) is 24.2 Å². The Labute approximate surface area is 224 Å². The van der Waals surface area contributed by atoms with Crippen molar-refractivity contribution in [3.63, 3.8) is 0 Å². The number of nitrogens with zero attached hydrogens (tertiary/aromatic N) is 5. The SMILES string of the molecule is C[C@@H]1CN(c2ccc(C#N)c3ncccc23)C[C@H](CN2CCN(c3ccc([C@@H]4CNCCO4)cc3)CC2)O1.